The molecule has 0 aliphatic heterocycles. The van der Waals surface area contributed by atoms with Crippen molar-refractivity contribution in [2.75, 3.05) is 11.4 Å². The van der Waals surface area contributed by atoms with E-state index in [1.54, 1.807) is 12.1 Å². The molecule has 0 saturated carbocycles. The predicted octanol–water partition coefficient (Wildman–Crippen LogP) is 2.11. The fourth-order valence-corrected chi connectivity index (χ4v) is 1.09. The van der Waals surface area contributed by atoms with Crippen molar-refractivity contribution in [3.63, 3.8) is 0 Å². The van der Waals surface area contributed by atoms with Crippen molar-refractivity contribution in [3.05, 3.63) is 29.8 Å². The average Bonchev–Trinajstić information content (AvgIpc) is 2.15. The SMILES string of the molecule is C#CCN(C(=O)O)c1ccc(C)cc1. The van der Waals surface area contributed by atoms with Crippen LogP contribution in [0.2, 0.25) is 0 Å². The maximum absolute atomic E-state index is 10.8. The third kappa shape index (κ3) is 2.27. The maximum Gasteiger partial charge on any atom is 0.412 e. The summed E-state index contributed by atoms with van der Waals surface area (Å²) in [6.07, 6.45) is 4.04. The summed E-state index contributed by atoms with van der Waals surface area (Å²) in [5, 5.41) is 8.86. The molecule has 0 atom stereocenters. The van der Waals surface area contributed by atoms with Crippen LogP contribution in [0.25, 0.3) is 0 Å². The van der Waals surface area contributed by atoms with Gasteiger partial charge in [0.05, 0.1) is 6.54 Å². The molecular formula is C11H11NO2. The molecule has 14 heavy (non-hydrogen) atoms. The summed E-state index contributed by atoms with van der Waals surface area (Å²) in [5.41, 5.74) is 1.68. The normalized spacial score (nSPS) is 9.14. The Morgan fingerprint density at radius 1 is 1.50 bits per heavy atom. The van der Waals surface area contributed by atoms with Gasteiger partial charge >= 0.3 is 6.09 Å². The summed E-state index contributed by atoms with van der Waals surface area (Å²) in [4.78, 5) is 11.9. The Balaban J connectivity index is 2.95. The van der Waals surface area contributed by atoms with Crippen LogP contribution in [0.15, 0.2) is 24.3 Å². The van der Waals surface area contributed by atoms with E-state index in [-0.39, 0.29) is 6.54 Å². The van der Waals surface area contributed by atoms with Gasteiger partial charge in [-0.3, -0.25) is 4.90 Å². The molecule has 1 aromatic rings. The van der Waals surface area contributed by atoms with Crippen LogP contribution in [0.3, 0.4) is 0 Å². The molecule has 0 fully saturated rings. The largest absolute Gasteiger partial charge is 0.465 e. The number of hydrogen-bond acceptors (Lipinski definition) is 1. The van der Waals surface area contributed by atoms with Gasteiger partial charge in [-0.2, -0.15) is 0 Å². The fourth-order valence-electron chi connectivity index (χ4n) is 1.09. The number of anilines is 1. The second-order valence-electron chi connectivity index (χ2n) is 2.91. The van der Waals surface area contributed by atoms with E-state index in [1.807, 2.05) is 19.1 Å². The van der Waals surface area contributed by atoms with Crippen LogP contribution >= 0.6 is 0 Å². The van der Waals surface area contributed by atoms with Crippen molar-refractivity contribution in [2.24, 2.45) is 0 Å². The maximum atomic E-state index is 10.8. The second kappa shape index (κ2) is 4.33. The lowest BCUT2D eigenvalue weighted by molar-refractivity contribution is 0.202. The number of nitrogens with zero attached hydrogens (tertiary/aromatic N) is 1. The zero-order valence-electron chi connectivity index (χ0n) is 7.90. The minimum Gasteiger partial charge on any atom is -0.465 e. The highest BCUT2D eigenvalue weighted by molar-refractivity contribution is 5.86. The first kappa shape index (κ1) is 10.1. The zero-order chi connectivity index (χ0) is 10.6. The lowest BCUT2D eigenvalue weighted by Gasteiger charge is -2.16. The number of aryl methyl sites for hydroxylation is 1. The molecule has 0 radical (unpaired) electrons. The molecule has 0 aliphatic rings. The molecule has 1 amide bonds. The van der Waals surface area contributed by atoms with Gasteiger partial charge in [-0.05, 0) is 19.1 Å². The van der Waals surface area contributed by atoms with Gasteiger partial charge in [-0.25, -0.2) is 4.79 Å². The van der Waals surface area contributed by atoms with Gasteiger partial charge in [0, 0.05) is 5.69 Å². The van der Waals surface area contributed by atoms with Crippen LogP contribution in [-0.4, -0.2) is 17.7 Å². The first-order valence-corrected chi connectivity index (χ1v) is 4.15. The first-order valence-electron chi connectivity index (χ1n) is 4.15. The first-order chi connectivity index (χ1) is 6.65. The number of benzene rings is 1. The molecule has 0 saturated heterocycles. The number of carbonyl (C=O) groups is 1. The predicted molar refractivity (Wildman–Crippen MR) is 55.4 cm³/mol. The van der Waals surface area contributed by atoms with E-state index in [9.17, 15) is 4.79 Å². The van der Waals surface area contributed by atoms with Gasteiger partial charge in [0.2, 0.25) is 0 Å². The molecule has 0 heterocycles. The summed E-state index contributed by atoms with van der Waals surface area (Å²) >= 11 is 0. The van der Waals surface area contributed by atoms with Crippen molar-refractivity contribution >= 4 is 11.8 Å². The molecule has 72 valence electrons. The lowest BCUT2D eigenvalue weighted by atomic mass is 10.2. The van der Waals surface area contributed by atoms with Crippen molar-refractivity contribution in [1.82, 2.24) is 0 Å². The molecule has 3 nitrogen and oxygen atoms in total. The minimum atomic E-state index is -1.04. The molecule has 1 N–H and O–H groups in total. The molecular weight excluding hydrogens is 178 g/mol. The highest BCUT2D eigenvalue weighted by atomic mass is 16.4. The Bertz CT molecular complexity index is 362. The molecule has 0 bridgehead atoms. The monoisotopic (exact) mass is 189 g/mol. The highest BCUT2D eigenvalue weighted by Crippen LogP contribution is 2.14. The zero-order valence-corrected chi connectivity index (χ0v) is 7.90. The fraction of sp³-hybridized carbons (Fsp3) is 0.182. The Kier molecular flexibility index (Phi) is 3.14. The van der Waals surface area contributed by atoms with Crippen LogP contribution in [0.1, 0.15) is 5.56 Å². The van der Waals surface area contributed by atoms with Crippen LogP contribution in [0, 0.1) is 19.3 Å². The van der Waals surface area contributed by atoms with E-state index in [1.165, 1.54) is 0 Å². The number of rotatable bonds is 2. The number of hydrogen-bond donors (Lipinski definition) is 1. The number of carboxylic acid groups (broad SMARTS) is 1. The summed E-state index contributed by atoms with van der Waals surface area (Å²) in [5.74, 6) is 2.31. The van der Waals surface area contributed by atoms with E-state index in [0.29, 0.717) is 5.69 Å². The van der Waals surface area contributed by atoms with E-state index in [0.717, 1.165) is 10.5 Å². The molecule has 0 aliphatic carbocycles. The molecule has 1 aromatic carbocycles. The van der Waals surface area contributed by atoms with Crippen molar-refractivity contribution < 1.29 is 9.90 Å². The molecule has 1 rings (SSSR count). The van der Waals surface area contributed by atoms with Crippen molar-refractivity contribution in [2.45, 2.75) is 6.92 Å². The van der Waals surface area contributed by atoms with E-state index in [2.05, 4.69) is 5.92 Å². The molecule has 0 spiro atoms. The van der Waals surface area contributed by atoms with Crippen molar-refractivity contribution in [1.29, 1.82) is 0 Å². The summed E-state index contributed by atoms with van der Waals surface area (Å²) < 4.78 is 0. The van der Waals surface area contributed by atoms with Crippen LogP contribution in [-0.2, 0) is 0 Å². The highest BCUT2D eigenvalue weighted by Gasteiger charge is 2.11. The van der Waals surface area contributed by atoms with Crippen LogP contribution in [0.4, 0.5) is 10.5 Å². The van der Waals surface area contributed by atoms with E-state index >= 15 is 0 Å². The molecule has 3 heteroatoms. The summed E-state index contributed by atoms with van der Waals surface area (Å²) in [7, 11) is 0. The molecule has 0 aromatic heterocycles. The van der Waals surface area contributed by atoms with Crippen molar-refractivity contribution in [3.8, 4) is 12.3 Å². The third-order valence-corrected chi connectivity index (χ3v) is 1.83. The smallest absolute Gasteiger partial charge is 0.412 e. The quantitative estimate of drug-likeness (QED) is 0.724. The Labute approximate surface area is 83.0 Å². The standard InChI is InChI=1S/C11H11NO2/c1-3-8-12(11(13)14)10-6-4-9(2)5-7-10/h1,4-7H,8H2,2H3,(H,13,14). The average molecular weight is 189 g/mol. The van der Waals surface area contributed by atoms with Gasteiger partial charge in [-0.1, -0.05) is 23.6 Å². The van der Waals surface area contributed by atoms with Gasteiger partial charge in [-0.15, -0.1) is 6.42 Å². The number of terminal acetylenes is 1. The third-order valence-electron chi connectivity index (χ3n) is 1.83. The number of amides is 1. The van der Waals surface area contributed by atoms with Gasteiger partial charge in [0.1, 0.15) is 0 Å². The molecule has 0 unspecified atom stereocenters. The second-order valence-corrected chi connectivity index (χ2v) is 2.91. The van der Waals surface area contributed by atoms with Crippen LogP contribution in [0.5, 0.6) is 0 Å². The summed E-state index contributed by atoms with van der Waals surface area (Å²) in [6, 6.07) is 7.17. The van der Waals surface area contributed by atoms with Crippen LogP contribution < -0.4 is 4.90 Å². The Morgan fingerprint density at radius 2 is 2.07 bits per heavy atom. The topological polar surface area (TPSA) is 40.5 Å². The lowest BCUT2D eigenvalue weighted by Crippen LogP contribution is -2.29. The Hall–Kier alpha value is -1.95. The Morgan fingerprint density at radius 3 is 2.50 bits per heavy atom. The van der Waals surface area contributed by atoms with Gasteiger partial charge in [0.25, 0.3) is 0 Å². The van der Waals surface area contributed by atoms with E-state index in [4.69, 9.17) is 11.5 Å². The minimum absolute atomic E-state index is 0.0679. The summed E-state index contributed by atoms with van der Waals surface area (Å²) in [6.45, 7) is 2.01. The van der Waals surface area contributed by atoms with Gasteiger partial charge < -0.3 is 5.11 Å². The van der Waals surface area contributed by atoms with E-state index < -0.39 is 6.09 Å². The van der Waals surface area contributed by atoms with Gasteiger partial charge in [0.15, 0.2) is 0 Å².